The highest BCUT2D eigenvalue weighted by Gasteiger charge is 2.14. The van der Waals surface area contributed by atoms with Gasteiger partial charge in [-0.25, -0.2) is 0 Å². The van der Waals surface area contributed by atoms with Crippen LogP contribution < -0.4 is 10.6 Å². The molecule has 0 spiro atoms. The molecule has 7 heteroatoms. The van der Waals surface area contributed by atoms with Crippen LogP contribution in [0.4, 0.5) is 11.4 Å². The lowest BCUT2D eigenvalue weighted by molar-refractivity contribution is -0.384. The molecule has 0 saturated heterocycles. The summed E-state index contributed by atoms with van der Waals surface area (Å²) in [7, 11) is 1.68. The molecule has 1 aromatic rings. The number of nitrogens with zero attached hydrogens (tertiary/aromatic N) is 1. The van der Waals surface area contributed by atoms with Crippen LogP contribution in [-0.4, -0.2) is 23.9 Å². The van der Waals surface area contributed by atoms with Gasteiger partial charge in [0.05, 0.1) is 16.7 Å². The molecule has 6 nitrogen and oxygen atoms in total. The van der Waals surface area contributed by atoms with Crippen LogP contribution in [0.5, 0.6) is 0 Å². The molecule has 1 atom stereocenters. The number of hydrogen-bond donors (Lipinski definition) is 2. The maximum Gasteiger partial charge on any atom is 0.270 e. The van der Waals surface area contributed by atoms with E-state index in [9.17, 15) is 14.9 Å². The van der Waals surface area contributed by atoms with Crippen molar-refractivity contribution in [3.63, 3.8) is 0 Å². The molecule has 0 radical (unpaired) electrons. The standard InChI is InChI=1S/C10H12BrN3O3/c1-6(12-2)10(15)13-9-4-3-7(14(16)17)5-8(9)11/h3-6,12H,1-2H3,(H,13,15). The molecular weight excluding hydrogens is 290 g/mol. The summed E-state index contributed by atoms with van der Waals surface area (Å²) >= 11 is 3.18. The molecule has 0 fully saturated rings. The summed E-state index contributed by atoms with van der Waals surface area (Å²) in [6.07, 6.45) is 0. The summed E-state index contributed by atoms with van der Waals surface area (Å²) < 4.78 is 0.475. The monoisotopic (exact) mass is 301 g/mol. The lowest BCUT2D eigenvalue weighted by Gasteiger charge is -2.11. The minimum Gasteiger partial charge on any atom is -0.324 e. The molecule has 17 heavy (non-hydrogen) atoms. The molecule has 1 aromatic carbocycles. The lowest BCUT2D eigenvalue weighted by Crippen LogP contribution is -2.35. The highest BCUT2D eigenvalue weighted by molar-refractivity contribution is 9.10. The minimum atomic E-state index is -0.493. The van der Waals surface area contributed by atoms with E-state index < -0.39 is 4.92 Å². The van der Waals surface area contributed by atoms with Crippen LogP contribution in [0.1, 0.15) is 6.92 Å². The highest BCUT2D eigenvalue weighted by Crippen LogP contribution is 2.27. The molecule has 1 rings (SSSR count). The van der Waals surface area contributed by atoms with E-state index in [1.807, 2.05) is 0 Å². The van der Waals surface area contributed by atoms with Crippen molar-refractivity contribution in [3.05, 3.63) is 32.8 Å². The lowest BCUT2D eigenvalue weighted by atomic mass is 10.2. The van der Waals surface area contributed by atoms with Crippen LogP contribution in [0.2, 0.25) is 0 Å². The summed E-state index contributed by atoms with van der Waals surface area (Å²) in [4.78, 5) is 21.6. The first-order chi connectivity index (χ1) is 7.95. The molecule has 0 aliphatic heterocycles. The molecule has 1 amide bonds. The number of rotatable bonds is 4. The second kappa shape index (κ2) is 5.74. The number of halogens is 1. The predicted molar refractivity (Wildman–Crippen MR) is 67.9 cm³/mol. The zero-order chi connectivity index (χ0) is 13.0. The van der Waals surface area contributed by atoms with Gasteiger partial charge in [0.1, 0.15) is 0 Å². The number of nitro groups is 1. The van der Waals surface area contributed by atoms with Gasteiger partial charge >= 0.3 is 0 Å². The van der Waals surface area contributed by atoms with E-state index in [0.717, 1.165) is 0 Å². The largest absolute Gasteiger partial charge is 0.324 e. The van der Waals surface area contributed by atoms with Crippen LogP contribution in [-0.2, 0) is 4.79 Å². The van der Waals surface area contributed by atoms with Crippen molar-refractivity contribution < 1.29 is 9.72 Å². The molecule has 0 bridgehead atoms. The number of benzene rings is 1. The van der Waals surface area contributed by atoms with Gasteiger partial charge in [-0.3, -0.25) is 14.9 Å². The number of nitro benzene ring substituents is 1. The Hall–Kier alpha value is -1.47. The fourth-order valence-electron chi connectivity index (χ4n) is 1.09. The number of carbonyl (C=O) groups excluding carboxylic acids is 1. The highest BCUT2D eigenvalue weighted by atomic mass is 79.9. The summed E-state index contributed by atoms with van der Waals surface area (Å²) in [5, 5.41) is 16.0. The smallest absolute Gasteiger partial charge is 0.270 e. The minimum absolute atomic E-state index is 0.0310. The Bertz CT molecular complexity index is 450. The maximum atomic E-state index is 11.6. The Kier molecular flexibility index (Phi) is 4.59. The van der Waals surface area contributed by atoms with Crippen molar-refractivity contribution in [1.82, 2.24) is 5.32 Å². The van der Waals surface area contributed by atoms with Gasteiger partial charge in [-0.1, -0.05) is 0 Å². The van der Waals surface area contributed by atoms with Crippen molar-refractivity contribution in [2.75, 3.05) is 12.4 Å². The SMILES string of the molecule is CNC(C)C(=O)Nc1ccc([N+](=O)[O-])cc1Br. The molecule has 0 aromatic heterocycles. The van der Waals surface area contributed by atoms with Crippen LogP contribution in [0.15, 0.2) is 22.7 Å². The van der Waals surface area contributed by atoms with E-state index in [4.69, 9.17) is 0 Å². The summed E-state index contributed by atoms with van der Waals surface area (Å²) in [5.41, 5.74) is 0.472. The first-order valence-electron chi connectivity index (χ1n) is 4.87. The third-order valence-corrected chi connectivity index (χ3v) is 2.90. The number of amides is 1. The van der Waals surface area contributed by atoms with Gasteiger partial charge in [0.15, 0.2) is 0 Å². The van der Waals surface area contributed by atoms with E-state index in [-0.39, 0.29) is 17.6 Å². The topological polar surface area (TPSA) is 84.3 Å². The Balaban J connectivity index is 2.86. The van der Waals surface area contributed by atoms with Crippen LogP contribution in [0.3, 0.4) is 0 Å². The first kappa shape index (κ1) is 13.6. The van der Waals surface area contributed by atoms with Gasteiger partial charge in [0.2, 0.25) is 5.91 Å². The summed E-state index contributed by atoms with van der Waals surface area (Å²) in [5.74, 6) is -0.206. The number of hydrogen-bond acceptors (Lipinski definition) is 4. The van der Waals surface area contributed by atoms with E-state index in [0.29, 0.717) is 10.2 Å². The van der Waals surface area contributed by atoms with Crippen LogP contribution >= 0.6 is 15.9 Å². The van der Waals surface area contributed by atoms with Crippen molar-refractivity contribution in [2.45, 2.75) is 13.0 Å². The summed E-state index contributed by atoms with van der Waals surface area (Å²) in [6.45, 7) is 1.72. The molecule has 0 heterocycles. The Morgan fingerprint density at radius 1 is 1.53 bits per heavy atom. The maximum absolute atomic E-state index is 11.6. The Labute approximate surface area is 107 Å². The fraction of sp³-hybridized carbons (Fsp3) is 0.300. The first-order valence-corrected chi connectivity index (χ1v) is 5.67. The summed E-state index contributed by atoms with van der Waals surface area (Å²) in [6, 6.07) is 3.84. The molecule has 2 N–H and O–H groups in total. The second-order valence-electron chi connectivity index (χ2n) is 3.42. The third kappa shape index (κ3) is 3.50. The van der Waals surface area contributed by atoms with Gasteiger partial charge < -0.3 is 10.6 Å². The van der Waals surface area contributed by atoms with Crippen molar-refractivity contribution >= 4 is 33.2 Å². The van der Waals surface area contributed by atoms with Gasteiger partial charge in [-0.2, -0.15) is 0 Å². The third-order valence-electron chi connectivity index (χ3n) is 2.25. The van der Waals surface area contributed by atoms with Crippen molar-refractivity contribution in [1.29, 1.82) is 0 Å². The predicted octanol–water partition coefficient (Wildman–Crippen LogP) is 1.90. The van der Waals surface area contributed by atoms with Crippen LogP contribution in [0, 0.1) is 10.1 Å². The van der Waals surface area contributed by atoms with Gasteiger partial charge in [0.25, 0.3) is 5.69 Å². The van der Waals surface area contributed by atoms with Crippen LogP contribution in [0.25, 0.3) is 0 Å². The van der Waals surface area contributed by atoms with Gasteiger partial charge in [0, 0.05) is 16.6 Å². The Morgan fingerprint density at radius 3 is 2.65 bits per heavy atom. The van der Waals surface area contributed by atoms with Gasteiger partial charge in [-0.05, 0) is 36.0 Å². The number of anilines is 1. The molecule has 0 aliphatic carbocycles. The van der Waals surface area contributed by atoms with E-state index in [1.54, 1.807) is 14.0 Å². The quantitative estimate of drug-likeness (QED) is 0.657. The van der Waals surface area contributed by atoms with Gasteiger partial charge in [-0.15, -0.1) is 0 Å². The van der Waals surface area contributed by atoms with E-state index in [2.05, 4.69) is 26.6 Å². The number of carbonyl (C=O) groups is 1. The second-order valence-corrected chi connectivity index (χ2v) is 4.28. The van der Waals surface area contributed by atoms with Crippen molar-refractivity contribution in [2.24, 2.45) is 0 Å². The fourth-order valence-corrected chi connectivity index (χ4v) is 1.56. The molecule has 92 valence electrons. The molecule has 0 saturated carbocycles. The molecule has 1 unspecified atom stereocenters. The zero-order valence-corrected chi connectivity index (χ0v) is 10.9. The normalized spacial score (nSPS) is 11.9. The average molecular weight is 302 g/mol. The average Bonchev–Trinajstić information content (AvgIpc) is 2.30. The van der Waals surface area contributed by atoms with E-state index in [1.165, 1.54) is 18.2 Å². The van der Waals surface area contributed by atoms with E-state index >= 15 is 0 Å². The zero-order valence-electron chi connectivity index (χ0n) is 9.36. The van der Waals surface area contributed by atoms with Crippen molar-refractivity contribution in [3.8, 4) is 0 Å². The number of likely N-dealkylation sites (N-methyl/N-ethyl adjacent to an activating group) is 1. The Morgan fingerprint density at radius 2 is 2.18 bits per heavy atom. The molecular formula is C10H12BrN3O3. The number of non-ortho nitro benzene ring substituents is 1. The number of nitrogens with one attached hydrogen (secondary N) is 2. The molecule has 0 aliphatic rings.